The van der Waals surface area contributed by atoms with E-state index in [1.54, 1.807) is 30.3 Å². The molecule has 0 saturated carbocycles. The molecule has 0 aliphatic carbocycles. The van der Waals surface area contributed by atoms with Crippen LogP contribution in [0.4, 0.5) is 5.69 Å². The summed E-state index contributed by atoms with van der Waals surface area (Å²) in [6.45, 7) is 3.21. The van der Waals surface area contributed by atoms with Crippen molar-refractivity contribution < 1.29 is 19.1 Å². The quantitative estimate of drug-likeness (QED) is 0.714. The van der Waals surface area contributed by atoms with Crippen LogP contribution in [0.5, 0.6) is 0 Å². The van der Waals surface area contributed by atoms with Crippen molar-refractivity contribution in [2.75, 3.05) is 18.5 Å². The van der Waals surface area contributed by atoms with Crippen LogP contribution < -0.4 is 10.6 Å². The van der Waals surface area contributed by atoms with E-state index in [0.717, 1.165) is 16.7 Å². The highest BCUT2D eigenvalue weighted by Gasteiger charge is 2.11. The molecule has 2 N–H and O–H groups in total. The number of nitrogens with one attached hydrogen (secondary N) is 2. The Morgan fingerprint density at radius 1 is 1.00 bits per heavy atom. The predicted octanol–water partition coefficient (Wildman–Crippen LogP) is 2.80. The molecule has 6 nitrogen and oxygen atoms in total. The molecule has 0 heterocycles. The molecule has 0 saturated heterocycles. The molecule has 2 aromatic carbocycles. The SMILES string of the molecule is Cc1cccc(NC(=O)CNC(=O)COC(=O)Cc2ccc(Cl)cc2)c1C. The third-order valence-corrected chi connectivity index (χ3v) is 4.20. The summed E-state index contributed by atoms with van der Waals surface area (Å²) in [5, 5.41) is 5.73. The number of rotatable bonds is 7. The monoisotopic (exact) mass is 388 g/mol. The maximum atomic E-state index is 11.9. The van der Waals surface area contributed by atoms with Crippen LogP contribution in [0.2, 0.25) is 5.02 Å². The van der Waals surface area contributed by atoms with Crippen LogP contribution in [0.1, 0.15) is 16.7 Å². The van der Waals surface area contributed by atoms with Crippen molar-refractivity contribution in [1.29, 1.82) is 0 Å². The number of hydrogen-bond acceptors (Lipinski definition) is 4. The van der Waals surface area contributed by atoms with Crippen molar-refractivity contribution in [1.82, 2.24) is 5.32 Å². The minimum absolute atomic E-state index is 0.0393. The molecule has 0 fully saturated rings. The highest BCUT2D eigenvalue weighted by molar-refractivity contribution is 6.30. The number of benzene rings is 2. The number of carbonyl (C=O) groups excluding carboxylic acids is 3. The highest BCUT2D eigenvalue weighted by Crippen LogP contribution is 2.17. The number of esters is 1. The van der Waals surface area contributed by atoms with Gasteiger partial charge in [0.15, 0.2) is 6.61 Å². The molecule has 0 aromatic heterocycles. The Kier molecular flexibility index (Phi) is 7.37. The molecule has 2 aromatic rings. The summed E-state index contributed by atoms with van der Waals surface area (Å²) in [4.78, 5) is 35.4. The van der Waals surface area contributed by atoms with Gasteiger partial charge in [0.2, 0.25) is 5.91 Å². The largest absolute Gasteiger partial charge is 0.455 e. The van der Waals surface area contributed by atoms with E-state index in [-0.39, 0.29) is 18.9 Å². The summed E-state index contributed by atoms with van der Waals surface area (Å²) >= 11 is 5.78. The standard InChI is InChI=1S/C20H21ClN2O4/c1-13-4-3-5-17(14(13)2)23-18(24)11-22-19(25)12-27-20(26)10-15-6-8-16(21)9-7-15/h3-9H,10-12H2,1-2H3,(H,22,25)(H,23,24). The van der Waals surface area contributed by atoms with Gasteiger partial charge in [0.05, 0.1) is 13.0 Å². The molecule has 0 unspecified atom stereocenters. The van der Waals surface area contributed by atoms with E-state index in [9.17, 15) is 14.4 Å². The van der Waals surface area contributed by atoms with Crippen LogP contribution in [0, 0.1) is 13.8 Å². The zero-order valence-electron chi connectivity index (χ0n) is 15.2. The number of amides is 2. The van der Waals surface area contributed by atoms with E-state index in [1.165, 1.54) is 0 Å². The number of hydrogen-bond donors (Lipinski definition) is 2. The summed E-state index contributed by atoms with van der Waals surface area (Å²) < 4.78 is 4.91. The first-order chi connectivity index (χ1) is 12.8. The van der Waals surface area contributed by atoms with Crippen molar-refractivity contribution in [3.63, 3.8) is 0 Å². The molecule has 0 spiro atoms. The fourth-order valence-electron chi connectivity index (χ4n) is 2.28. The van der Waals surface area contributed by atoms with E-state index in [1.807, 2.05) is 26.0 Å². The van der Waals surface area contributed by atoms with Crippen LogP contribution in [-0.2, 0) is 25.5 Å². The van der Waals surface area contributed by atoms with Gasteiger partial charge in [-0.1, -0.05) is 35.9 Å². The van der Waals surface area contributed by atoms with Gasteiger partial charge in [-0.2, -0.15) is 0 Å². The Labute approximate surface area is 162 Å². The second-order valence-electron chi connectivity index (χ2n) is 6.04. The lowest BCUT2D eigenvalue weighted by Gasteiger charge is -2.11. The Hall–Kier alpha value is -2.86. The van der Waals surface area contributed by atoms with Gasteiger partial charge < -0.3 is 15.4 Å². The maximum absolute atomic E-state index is 11.9. The van der Waals surface area contributed by atoms with Gasteiger partial charge >= 0.3 is 5.97 Å². The second-order valence-corrected chi connectivity index (χ2v) is 6.47. The van der Waals surface area contributed by atoms with Gasteiger partial charge in [0.1, 0.15) is 0 Å². The van der Waals surface area contributed by atoms with E-state index >= 15 is 0 Å². The lowest BCUT2D eigenvalue weighted by molar-refractivity contribution is -0.147. The van der Waals surface area contributed by atoms with Crippen LogP contribution in [0.3, 0.4) is 0 Å². The number of halogens is 1. The first kappa shape index (κ1) is 20.5. The fraction of sp³-hybridized carbons (Fsp3) is 0.250. The molecule has 2 rings (SSSR count). The molecule has 2 amide bonds. The summed E-state index contributed by atoms with van der Waals surface area (Å²) in [5.74, 6) is -1.44. The smallest absolute Gasteiger partial charge is 0.310 e. The van der Waals surface area contributed by atoms with E-state index in [4.69, 9.17) is 16.3 Å². The molecule has 0 aliphatic rings. The average molecular weight is 389 g/mol. The topological polar surface area (TPSA) is 84.5 Å². The Morgan fingerprint density at radius 2 is 1.70 bits per heavy atom. The molecular formula is C20H21ClN2O4. The number of anilines is 1. The van der Waals surface area contributed by atoms with Crippen LogP contribution in [-0.4, -0.2) is 30.9 Å². The van der Waals surface area contributed by atoms with Crippen LogP contribution in [0.25, 0.3) is 0 Å². The molecule has 0 aliphatic heterocycles. The third kappa shape index (κ3) is 6.75. The fourth-order valence-corrected chi connectivity index (χ4v) is 2.40. The van der Waals surface area contributed by atoms with Crippen molar-refractivity contribution in [3.05, 3.63) is 64.2 Å². The Bertz CT molecular complexity index is 834. The summed E-state index contributed by atoms with van der Waals surface area (Å²) in [6, 6.07) is 12.3. The molecule has 0 bridgehead atoms. The highest BCUT2D eigenvalue weighted by atomic mass is 35.5. The van der Waals surface area contributed by atoms with Gasteiger partial charge in [-0.3, -0.25) is 14.4 Å². The number of ether oxygens (including phenoxy) is 1. The molecule has 7 heteroatoms. The summed E-state index contributed by atoms with van der Waals surface area (Å²) in [5.41, 5.74) is 3.46. The third-order valence-electron chi connectivity index (χ3n) is 3.95. The zero-order chi connectivity index (χ0) is 19.8. The van der Waals surface area contributed by atoms with E-state index in [2.05, 4.69) is 10.6 Å². The van der Waals surface area contributed by atoms with Crippen LogP contribution in [0.15, 0.2) is 42.5 Å². The lowest BCUT2D eigenvalue weighted by Crippen LogP contribution is -2.35. The van der Waals surface area contributed by atoms with Crippen LogP contribution >= 0.6 is 11.6 Å². The van der Waals surface area contributed by atoms with Gasteiger partial charge in [-0.25, -0.2) is 0 Å². The predicted molar refractivity (Wildman–Crippen MR) is 104 cm³/mol. The molecule has 142 valence electrons. The Morgan fingerprint density at radius 3 is 2.41 bits per heavy atom. The van der Waals surface area contributed by atoms with Crippen molar-refractivity contribution in [2.45, 2.75) is 20.3 Å². The van der Waals surface area contributed by atoms with Gasteiger partial charge in [-0.15, -0.1) is 0 Å². The molecule has 27 heavy (non-hydrogen) atoms. The van der Waals surface area contributed by atoms with Gasteiger partial charge in [-0.05, 0) is 48.7 Å². The Balaban J connectivity index is 1.70. The van der Waals surface area contributed by atoms with E-state index in [0.29, 0.717) is 10.7 Å². The molecular weight excluding hydrogens is 368 g/mol. The summed E-state index contributed by atoms with van der Waals surface area (Å²) in [7, 11) is 0. The lowest BCUT2D eigenvalue weighted by atomic mass is 10.1. The average Bonchev–Trinajstić information content (AvgIpc) is 2.64. The van der Waals surface area contributed by atoms with Gasteiger partial charge in [0, 0.05) is 10.7 Å². The first-order valence-electron chi connectivity index (χ1n) is 8.38. The van der Waals surface area contributed by atoms with Gasteiger partial charge in [0.25, 0.3) is 5.91 Å². The van der Waals surface area contributed by atoms with E-state index < -0.39 is 18.5 Å². The minimum atomic E-state index is -0.546. The zero-order valence-corrected chi connectivity index (χ0v) is 15.9. The number of aryl methyl sites for hydroxylation is 1. The van der Waals surface area contributed by atoms with Crippen molar-refractivity contribution >= 4 is 35.1 Å². The first-order valence-corrected chi connectivity index (χ1v) is 8.76. The normalized spacial score (nSPS) is 10.2. The molecule has 0 atom stereocenters. The molecule has 0 radical (unpaired) electrons. The minimum Gasteiger partial charge on any atom is -0.455 e. The van der Waals surface area contributed by atoms with Crippen molar-refractivity contribution in [3.8, 4) is 0 Å². The maximum Gasteiger partial charge on any atom is 0.310 e. The van der Waals surface area contributed by atoms with Crippen molar-refractivity contribution in [2.24, 2.45) is 0 Å². The second kappa shape index (κ2) is 9.73. The summed E-state index contributed by atoms with van der Waals surface area (Å²) in [6.07, 6.45) is 0.0393. The number of carbonyl (C=O) groups is 3.